The average molecular weight is 229 g/mol. The number of aromatic nitrogens is 2. The Labute approximate surface area is 90.3 Å². The molecule has 0 radical (unpaired) electrons. The third-order valence-corrected chi connectivity index (χ3v) is 2.27. The van der Waals surface area contributed by atoms with E-state index in [2.05, 4.69) is 15.5 Å². The first-order chi connectivity index (χ1) is 7.08. The lowest BCUT2D eigenvalue weighted by Gasteiger charge is -2.06. The Morgan fingerprint density at radius 1 is 1.60 bits per heavy atom. The van der Waals surface area contributed by atoms with E-state index in [0.717, 1.165) is 0 Å². The fourth-order valence-electron chi connectivity index (χ4n) is 1.08. The number of rotatable bonds is 5. The Morgan fingerprint density at radius 3 is 2.87 bits per heavy atom. The van der Waals surface area contributed by atoms with Crippen LogP contribution in [0.5, 0.6) is 0 Å². The van der Waals surface area contributed by atoms with Crippen LogP contribution >= 0.6 is 11.3 Å². The smallest absolute Gasteiger partial charge is 0.303 e. The summed E-state index contributed by atoms with van der Waals surface area (Å²) in [5.41, 5.74) is 1.51. The van der Waals surface area contributed by atoms with E-state index in [1.165, 1.54) is 16.8 Å². The summed E-state index contributed by atoms with van der Waals surface area (Å²) in [5, 5.41) is 18.7. The number of nitrogens with one attached hydrogen (secondary N) is 1. The van der Waals surface area contributed by atoms with E-state index in [9.17, 15) is 9.59 Å². The highest BCUT2D eigenvalue weighted by Gasteiger charge is 2.13. The molecule has 0 spiro atoms. The normalized spacial score (nSPS) is 12.1. The number of carbonyl (C=O) groups is 2. The number of amides is 1. The summed E-state index contributed by atoms with van der Waals surface area (Å²) in [6.45, 7) is 1.72. The van der Waals surface area contributed by atoms with Gasteiger partial charge in [-0.15, -0.1) is 10.2 Å². The quantitative estimate of drug-likeness (QED) is 0.785. The maximum absolute atomic E-state index is 11.3. The van der Waals surface area contributed by atoms with Crippen molar-refractivity contribution in [3.8, 4) is 0 Å². The molecule has 0 bridgehead atoms. The van der Waals surface area contributed by atoms with Gasteiger partial charge in [0.25, 0.3) is 0 Å². The average Bonchev–Trinajstić information content (AvgIpc) is 2.53. The minimum absolute atomic E-state index is 0.0104. The molecular weight excluding hydrogens is 218 g/mol. The summed E-state index contributed by atoms with van der Waals surface area (Å²) < 4.78 is 0. The molecule has 0 aliphatic rings. The number of aliphatic carboxylic acids is 1. The highest BCUT2D eigenvalue weighted by molar-refractivity contribution is 7.13. The van der Waals surface area contributed by atoms with E-state index in [1.54, 1.807) is 6.92 Å². The maximum Gasteiger partial charge on any atom is 0.303 e. The second-order valence-electron chi connectivity index (χ2n) is 3.20. The number of carboxylic acid groups (broad SMARTS) is 1. The summed E-state index contributed by atoms with van der Waals surface area (Å²) in [7, 11) is 0. The SMILES string of the molecule is C[C@H](CC(=O)O)CC(=O)Nc1nncs1. The molecule has 1 amide bonds. The van der Waals surface area contributed by atoms with Crippen LogP contribution in [0.15, 0.2) is 5.51 Å². The molecule has 15 heavy (non-hydrogen) atoms. The van der Waals surface area contributed by atoms with Gasteiger partial charge in [-0.05, 0) is 5.92 Å². The summed E-state index contributed by atoms with van der Waals surface area (Å²) in [5.74, 6) is -1.32. The first-order valence-corrected chi connectivity index (χ1v) is 5.23. The number of hydrogen-bond acceptors (Lipinski definition) is 5. The van der Waals surface area contributed by atoms with Crippen molar-refractivity contribution in [2.45, 2.75) is 19.8 Å². The largest absolute Gasteiger partial charge is 0.481 e. The van der Waals surface area contributed by atoms with Crippen LogP contribution in [0.4, 0.5) is 5.13 Å². The van der Waals surface area contributed by atoms with Gasteiger partial charge in [-0.2, -0.15) is 0 Å². The minimum Gasteiger partial charge on any atom is -0.481 e. The molecule has 1 aromatic heterocycles. The molecule has 0 aromatic carbocycles. The Kier molecular flexibility index (Phi) is 4.17. The maximum atomic E-state index is 11.3. The Bertz CT molecular complexity index is 339. The van der Waals surface area contributed by atoms with Crippen molar-refractivity contribution in [1.29, 1.82) is 0 Å². The minimum atomic E-state index is -0.897. The van der Waals surface area contributed by atoms with Gasteiger partial charge < -0.3 is 10.4 Å². The summed E-state index contributed by atoms with van der Waals surface area (Å²) >= 11 is 1.22. The Balaban J connectivity index is 2.33. The summed E-state index contributed by atoms with van der Waals surface area (Å²) in [6.07, 6.45) is 0.162. The van der Waals surface area contributed by atoms with E-state index >= 15 is 0 Å². The van der Waals surface area contributed by atoms with Crippen LogP contribution in [0.25, 0.3) is 0 Å². The number of nitrogens with zero attached hydrogens (tertiary/aromatic N) is 2. The lowest BCUT2D eigenvalue weighted by molar-refractivity contribution is -0.138. The van der Waals surface area contributed by atoms with Crippen LogP contribution in [-0.4, -0.2) is 27.2 Å². The van der Waals surface area contributed by atoms with Gasteiger partial charge in [-0.25, -0.2) is 0 Å². The molecule has 6 nitrogen and oxygen atoms in total. The van der Waals surface area contributed by atoms with Crippen LogP contribution < -0.4 is 5.32 Å². The molecule has 0 aliphatic carbocycles. The monoisotopic (exact) mass is 229 g/mol. The van der Waals surface area contributed by atoms with Crippen molar-refractivity contribution in [3.05, 3.63) is 5.51 Å². The topological polar surface area (TPSA) is 92.2 Å². The molecule has 2 N–H and O–H groups in total. The molecule has 1 aromatic rings. The predicted octanol–water partition coefficient (Wildman–Crippen LogP) is 0.977. The Morgan fingerprint density at radius 2 is 2.33 bits per heavy atom. The first-order valence-electron chi connectivity index (χ1n) is 4.35. The summed E-state index contributed by atoms with van der Waals surface area (Å²) in [4.78, 5) is 21.7. The number of anilines is 1. The lowest BCUT2D eigenvalue weighted by Crippen LogP contribution is -2.16. The van der Waals surface area contributed by atoms with Gasteiger partial charge in [-0.3, -0.25) is 9.59 Å². The molecule has 1 heterocycles. The van der Waals surface area contributed by atoms with Crippen molar-refractivity contribution in [2.75, 3.05) is 5.32 Å². The van der Waals surface area contributed by atoms with E-state index in [4.69, 9.17) is 5.11 Å². The summed E-state index contributed by atoms with van der Waals surface area (Å²) in [6, 6.07) is 0. The first kappa shape index (κ1) is 11.6. The molecule has 1 atom stereocenters. The highest BCUT2D eigenvalue weighted by atomic mass is 32.1. The van der Waals surface area contributed by atoms with E-state index < -0.39 is 5.97 Å². The highest BCUT2D eigenvalue weighted by Crippen LogP contribution is 2.12. The van der Waals surface area contributed by atoms with E-state index in [1.807, 2.05) is 0 Å². The number of hydrogen-bond donors (Lipinski definition) is 2. The second kappa shape index (κ2) is 5.40. The van der Waals surface area contributed by atoms with Crippen molar-refractivity contribution in [1.82, 2.24) is 10.2 Å². The lowest BCUT2D eigenvalue weighted by atomic mass is 10.0. The molecule has 0 unspecified atom stereocenters. The van der Waals surface area contributed by atoms with Gasteiger partial charge in [0.1, 0.15) is 5.51 Å². The third-order valence-electron chi connectivity index (χ3n) is 1.66. The molecule has 1 rings (SSSR count). The van der Waals surface area contributed by atoms with Gasteiger partial charge in [0.15, 0.2) is 0 Å². The fraction of sp³-hybridized carbons (Fsp3) is 0.500. The van der Waals surface area contributed by atoms with Crippen LogP contribution in [0, 0.1) is 5.92 Å². The Hall–Kier alpha value is -1.50. The zero-order valence-electron chi connectivity index (χ0n) is 8.14. The predicted molar refractivity (Wildman–Crippen MR) is 54.6 cm³/mol. The second-order valence-corrected chi connectivity index (χ2v) is 4.03. The van der Waals surface area contributed by atoms with E-state index in [-0.39, 0.29) is 24.7 Å². The standard InChI is InChI=1S/C8H11N3O3S/c1-5(3-7(13)14)2-6(12)10-8-11-9-4-15-8/h4-5H,2-3H2,1H3,(H,13,14)(H,10,11,12)/t5-/m0/s1. The molecular formula is C8H11N3O3S. The molecule has 0 fully saturated rings. The zero-order chi connectivity index (χ0) is 11.3. The molecule has 82 valence electrons. The van der Waals surface area contributed by atoms with Crippen LogP contribution in [0.1, 0.15) is 19.8 Å². The zero-order valence-corrected chi connectivity index (χ0v) is 8.95. The van der Waals surface area contributed by atoms with Crippen molar-refractivity contribution < 1.29 is 14.7 Å². The van der Waals surface area contributed by atoms with Crippen LogP contribution in [-0.2, 0) is 9.59 Å². The molecule has 0 aliphatic heterocycles. The van der Waals surface area contributed by atoms with Gasteiger partial charge >= 0.3 is 5.97 Å². The van der Waals surface area contributed by atoms with Gasteiger partial charge in [0.05, 0.1) is 0 Å². The van der Waals surface area contributed by atoms with Crippen molar-refractivity contribution >= 4 is 28.3 Å². The number of carbonyl (C=O) groups excluding carboxylic acids is 1. The van der Waals surface area contributed by atoms with Gasteiger partial charge in [0.2, 0.25) is 11.0 Å². The fourth-order valence-corrected chi connectivity index (χ4v) is 1.55. The van der Waals surface area contributed by atoms with Gasteiger partial charge in [0, 0.05) is 12.8 Å². The third kappa shape index (κ3) is 4.50. The van der Waals surface area contributed by atoms with Crippen molar-refractivity contribution in [3.63, 3.8) is 0 Å². The van der Waals surface area contributed by atoms with Crippen LogP contribution in [0.3, 0.4) is 0 Å². The molecule has 0 saturated heterocycles. The van der Waals surface area contributed by atoms with E-state index in [0.29, 0.717) is 5.13 Å². The molecule has 7 heteroatoms. The van der Waals surface area contributed by atoms with Crippen molar-refractivity contribution in [2.24, 2.45) is 5.92 Å². The molecule has 0 saturated carbocycles. The number of carboxylic acids is 1. The van der Waals surface area contributed by atoms with Gasteiger partial charge in [-0.1, -0.05) is 18.3 Å². The van der Waals surface area contributed by atoms with Crippen LogP contribution in [0.2, 0.25) is 0 Å².